The molecule has 0 aliphatic carbocycles. The predicted molar refractivity (Wildman–Crippen MR) is 126 cm³/mol. The van der Waals surface area contributed by atoms with Gasteiger partial charge >= 0.3 is 18.4 Å². The summed E-state index contributed by atoms with van der Waals surface area (Å²) < 4.78 is 81.9. The van der Waals surface area contributed by atoms with Gasteiger partial charge in [0, 0.05) is 23.2 Å². The minimum absolute atomic E-state index is 0.0550. The molecule has 0 aliphatic heterocycles. The van der Waals surface area contributed by atoms with Crippen molar-refractivity contribution in [3.8, 4) is 17.4 Å². The van der Waals surface area contributed by atoms with Crippen molar-refractivity contribution in [1.82, 2.24) is 15.0 Å². The second kappa shape index (κ2) is 10.9. The molecule has 0 atom stereocenters. The number of carbonyl (C=O) groups is 1. The van der Waals surface area contributed by atoms with Crippen LogP contribution in [0.3, 0.4) is 0 Å². The summed E-state index contributed by atoms with van der Waals surface area (Å²) in [5.41, 5.74) is 0.535. The molecule has 0 aliphatic rings. The highest BCUT2D eigenvalue weighted by molar-refractivity contribution is 5.97. The Morgan fingerprint density at radius 2 is 1.53 bits per heavy atom. The monoisotopic (exact) mass is 532 g/mol. The summed E-state index contributed by atoms with van der Waals surface area (Å²) >= 11 is 0. The van der Waals surface area contributed by atoms with Crippen LogP contribution in [0.5, 0.6) is 6.01 Å². The first-order valence-corrected chi connectivity index (χ1v) is 11.0. The minimum atomic E-state index is -4.68. The maximum absolute atomic E-state index is 13.1. The molecule has 0 unspecified atom stereocenters. The van der Waals surface area contributed by atoms with Crippen LogP contribution in [0.2, 0.25) is 0 Å². The fourth-order valence-corrected chi connectivity index (χ4v) is 3.34. The number of nitrogens with one attached hydrogen (secondary N) is 1. The Morgan fingerprint density at radius 1 is 0.816 bits per heavy atom. The van der Waals surface area contributed by atoms with Crippen molar-refractivity contribution in [2.45, 2.75) is 18.8 Å². The highest BCUT2D eigenvalue weighted by Crippen LogP contribution is 2.31. The number of nitrogens with zero attached hydrogens (tertiary/aromatic N) is 3. The van der Waals surface area contributed by atoms with E-state index in [1.54, 1.807) is 0 Å². The minimum Gasteiger partial charge on any atom is -0.454 e. The number of alkyl halides is 6. The molecule has 12 heteroatoms. The molecule has 4 rings (SSSR count). The summed E-state index contributed by atoms with van der Waals surface area (Å²) in [4.78, 5) is 24.4. The van der Waals surface area contributed by atoms with E-state index in [0.29, 0.717) is 11.1 Å². The van der Waals surface area contributed by atoms with Gasteiger partial charge in [0.25, 0.3) is 0 Å². The van der Waals surface area contributed by atoms with Crippen molar-refractivity contribution in [1.29, 1.82) is 0 Å². The lowest BCUT2D eigenvalue weighted by atomic mass is 10.0. The molecule has 0 spiro atoms. The van der Waals surface area contributed by atoms with Gasteiger partial charge in [-0.3, -0.25) is 4.79 Å². The van der Waals surface area contributed by atoms with Crippen molar-refractivity contribution in [2.24, 2.45) is 0 Å². The van der Waals surface area contributed by atoms with Crippen LogP contribution >= 0.6 is 0 Å². The first-order chi connectivity index (χ1) is 18.0. The van der Waals surface area contributed by atoms with Gasteiger partial charge in [0.05, 0.1) is 5.56 Å². The van der Waals surface area contributed by atoms with E-state index < -0.39 is 30.5 Å². The van der Waals surface area contributed by atoms with Crippen LogP contribution in [0, 0.1) is 0 Å². The SMILES string of the molecule is O=C(Cc1ccccc1)c1ccc(-c2nc(Nc3cccc(C(F)(F)F)c3)nc(OCC(F)(F)F)n2)cc1. The number of hydrogen-bond donors (Lipinski definition) is 1. The highest BCUT2D eigenvalue weighted by atomic mass is 19.4. The maximum Gasteiger partial charge on any atom is 0.422 e. The molecule has 6 nitrogen and oxygen atoms in total. The smallest absolute Gasteiger partial charge is 0.422 e. The van der Waals surface area contributed by atoms with Crippen molar-refractivity contribution in [3.63, 3.8) is 0 Å². The number of anilines is 2. The van der Waals surface area contributed by atoms with Gasteiger partial charge in [-0.25, -0.2) is 0 Å². The number of ketones is 1. The number of hydrogen-bond acceptors (Lipinski definition) is 6. The summed E-state index contributed by atoms with van der Waals surface area (Å²) in [6.07, 6.45) is -9.11. The van der Waals surface area contributed by atoms with E-state index in [2.05, 4.69) is 25.0 Å². The van der Waals surface area contributed by atoms with Crippen molar-refractivity contribution in [2.75, 3.05) is 11.9 Å². The summed E-state index contributed by atoms with van der Waals surface area (Å²) in [6, 6.07) is 18.6. The average Bonchev–Trinajstić information content (AvgIpc) is 2.87. The summed E-state index contributed by atoms with van der Waals surface area (Å²) in [5.74, 6) is -0.607. The predicted octanol–water partition coefficient (Wildman–Crippen LogP) is 6.67. The molecule has 3 aromatic carbocycles. The van der Waals surface area contributed by atoms with Crippen LogP contribution in [0.15, 0.2) is 78.9 Å². The van der Waals surface area contributed by atoms with Crippen LogP contribution in [0.4, 0.5) is 38.0 Å². The Morgan fingerprint density at radius 3 is 2.18 bits per heavy atom. The molecule has 38 heavy (non-hydrogen) atoms. The average molecular weight is 532 g/mol. The molecule has 0 radical (unpaired) electrons. The fourth-order valence-electron chi connectivity index (χ4n) is 3.34. The summed E-state index contributed by atoms with van der Waals surface area (Å²) in [6.45, 7) is -1.69. The van der Waals surface area contributed by atoms with Crippen molar-refractivity contribution >= 4 is 17.4 Å². The van der Waals surface area contributed by atoms with Gasteiger partial charge in [-0.1, -0.05) is 60.7 Å². The molecule has 0 bridgehead atoms. The van der Waals surface area contributed by atoms with E-state index in [4.69, 9.17) is 0 Å². The number of ether oxygens (including phenoxy) is 1. The molecule has 1 aromatic heterocycles. The lowest BCUT2D eigenvalue weighted by Gasteiger charge is -2.12. The molecular formula is C26H18F6N4O2. The maximum atomic E-state index is 13.1. The van der Waals surface area contributed by atoms with Crippen LogP contribution in [0.1, 0.15) is 21.5 Å². The van der Waals surface area contributed by atoms with E-state index in [1.165, 1.54) is 30.3 Å². The normalized spacial score (nSPS) is 11.7. The van der Waals surface area contributed by atoms with Crippen molar-refractivity contribution < 1.29 is 35.9 Å². The van der Waals surface area contributed by atoms with Crippen LogP contribution in [-0.2, 0) is 12.6 Å². The molecule has 0 saturated carbocycles. The van der Waals surface area contributed by atoms with Gasteiger partial charge in [-0.15, -0.1) is 0 Å². The van der Waals surface area contributed by atoms with Crippen LogP contribution < -0.4 is 10.1 Å². The molecule has 196 valence electrons. The van der Waals surface area contributed by atoms with Crippen molar-refractivity contribution in [3.05, 3.63) is 95.6 Å². The number of Topliss-reactive ketones (excluding diaryl/α,β-unsaturated/α-hetero) is 1. The van der Waals surface area contributed by atoms with Gasteiger partial charge < -0.3 is 10.1 Å². The lowest BCUT2D eigenvalue weighted by Crippen LogP contribution is -2.20. The first kappa shape index (κ1) is 26.6. The summed E-state index contributed by atoms with van der Waals surface area (Å²) in [7, 11) is 0. The molecule has 0 fully saturated rings. The van der Waals surface area contributed by atoms with E-state index in [9.17, 15) is 31.1 Å². The van der Waals surface area contributed by atoms with Gasteiger partial charge in [0.1, 0.15) is 0 Å². The highest BCUT2D eigenvalue weighted by Gasteiger charge is 2.31. The Labute approximate surface area is 212 Å². The Bertz CT molecular complexity index is 1410. The zero-order valence-corrected chi connectivity index (χ0v) is 19.3. The molecule has 0 saturated heterocycles. The number of halogens is 6. The quantitative estimate of drug-likeness (QED) is 0.202. The molecule has 1 heterocycles. The third-order valence-electron chi connectivity index (χ3n) is 5.10. The van der Waals surface area contributed by atoms with Gasteiger partial charge in [-0.05, 0) is 23.8 Å². The fraction of sp³-hybridized carbons (Fsp3) is 0.154. The molecule has 4 aromatic rings. The van der Waals surface area contributed by atoms with Gasteiger partial charge in [0.15, 0.2) is 18.2 Å². The molecular weight excluding hydrogens is 514 g/mol. The van der Waals surface area contributed by atoms with E-state index in [0.717, 1.165) is 23.8 Å². The first-order valence-electron chi connectivity index (χ1n) is 11.0. The van der Waals surface area contributed by atoms with E-state index in [-0.39, 0.29) is 29.7 Å². The topological polar surface area (TPSA) is 77.0 Å². The zero-order chi connectivity index (χ0) is 27.3. The number of aromatic nitrogens is 3. The number of rotatable bonds is 8. The van der Waals surface area contributed by atoms with Crippen LogP contribution in [-0.4, -0.2) is 33.5 Å². The number of carbonyl (C=O) groups excluding carboxylic acids is 1. The van der Waals surface area contributed by atoms with Gasteiger partial charge in [-0.2, -0.15) is 41.3 Å². The Hall–Kier alpha value is -4.48. The molecule has 0 amide bonds. The van der Waals surface area contributed by atoms with Gasteiger partial charge in [0.2, 0.25) is 5.95 Å². The second-order valence-electron chi connectivity index (χ2n) is 8.04. The van der Waals surface area contributed by atoms with E-state index >= 15 is 0 Å². The Balaban J connectivity index is 1.61. The standard InChI is InChI=1S/C26H18F6N4O2/c27-25(28,29)15-38-24-35-22(34-23(36-24)33-20-8-4-7-19(14-20)26(30,31)32)18-11-9-17(10-12-18)21(37)13-16-5-2-1-3-6-16/h1-12,14H,13,15H2,(H,33,34,35,36). The van der Waals surface area contributed by atoms with E-state index in [1.807, 2.05) is 30.3 Å². The third kappa shape index (κ3) is 7.28. The largest absolute Gasteiger partial charge is 0.454 e. The van der Waals surface area contributed by atoms with Crippen LogP contribution in [0.25, 0.3) is 11.4 Å². The Kier molecular flexibility index (Phi) is 7.60. The second-order valence-corrected chi connectivity index (χ2v) is 8.04. The molecule has 1 N–H and O–H groups in total. The lowest BCUT2D eigenvalue weighted by molar-refractivity contribution is -0.154. The summed E-state index contributed by atoms with van der Waals surface area (Å²) in [5, 5.41) is 2.54. The number of benzene rings is 3. The zero-order valence-electron chi connectivity index (χ0n) is 19.3. The third-order valence-corrected chi connectivity index (χ3v) is 5.10.